The Kier molecular flexibility index (Phi) is 3.54. The summed E-state index contributed by atoms with van der Waals surface area (Å²) in [4.78, 5) is 12.5. The Balaban J connectivity index is 4.18. The van der Waals surface area contributed by atoms with Crippen LogP contribution in [0.4, 0.5) is 0 Å². The van der Waals surface area contributed by atoms with Gasteiger partial charge in [0.1, 0.15) is 0 Å². The van der Waals surface area contributed by atoms with Gasteiger partial charge in [0.25, 0.3) is 5.91 Å². The van der Waals surface area contributed by atoms with Gasteiger partial charge in [-0.1, -0.05) is 0 Å². The molecule has 3 nitrogen and oxygen atoms in total. The number of hydrogen-bond acceptors (Lipinski definition) is 2. The van der Waals surface area contributed by atoms with Gasteiger partial charge >= 0.3 is 0 Å². The van der Waals surface area contributed by atoms with Gasteiger partial charge in [-0.15, -0.1) is 0 Å². The van der Waals surface area contributed by atoms with Gasteiger partial charge in [-0.2, -0.15) is 0 Å². The minimum absolute atomic E-state index is 0.106. The van der Waals surface area contributed by atoms with E-state index in [9.17, 15) is 4.79 Å². The van der Waals surface area contributed by atoms with E-state index in [2.05, 4.69) is 0 Å². The first kappa shape index (κ1) is 9.01. The Morgan fingerprint density at radius 2 is 2.00 bits per heavy atom. The molecule has 0 aromatic carbocycles. The lowest BCUT2D eigenvalue weighted by molar-refractivity contribution is -0.127. The second-order valence-corrected chi connectivity index (χ2v) is 2.06. The van der Waals surface area contributed by atoms with Crippen LogP contribution in [0.15, 0.2) is 11.8 Å². The summed E-state index contributed by atoms with van der Waals surface area (Å²) in [6, 6.07) is 0. The maximum Gasteiger partial charge on any atom is 0.288 e. The summed E-state index contributed by atoms with van der Waals surface area (Å²) in [7, 11) is 4.85. The fourth-order valence-electron chi connectivity index (χ4n) is 0.549. The largest absolute Gasteiger partial charge is 0.491 e. The molecule has 0 bridgehead atoms. The van der Waals surface area contributed by atoms with Gasteiger partial charge in [-0.25, -0.2) is 0 Å². The van der Waals surface area contributed by atoms with Crippen LogP contribution in [0.1, 0.15) is 6.92 Å². The number of likely N-dealkylation sites (N-methyl/N-ethyl adjacent to an activating group) is 1. The van der Waals surface area contributed by atoms with Crippen molar-refractivity contribution in [3.63, 3.8) is 0 Å². The average molecular weight is 143 g/mol. The van der Waals surface area contributed by atoms with E-state index < -0.39 is 0 Å². The Bertz CT molecular complexity index is 150. The van der Waals surface area contributed by atoms with Crippen LogP contribution in [0, 0.1) is 0 Å². The number of ether oxygens (including phenoxy) is 1. The highest BCUT2D eigenvalue weighted by atomic mass is 16.5. The molecular formula is C7H13NO2. The minimum Gasteiger partial charge on any atom is -0.491 e. The first-order valence-electron chi connectivity index (χ1n) is 3.05. The standard InChI is InChI=1S/C7H13NO2/c1-5-6(10-4)7(9)8(2)3/h5H,1-4H3. The van der Waals surface area contributed by atoms with Crippen molar-refractivity contribution < 1.29 is 9.53 Å². The zero-order valence-corrected chi connectivity index (χ0v) is 6.84. The molecular weight excluding hydrogens is 130 g/mol. The first-order valence-corrected chi connectivity index (χ1v) is 3.05. The topological polar surface area (TPSA) is 29.5 Å². The Hall–Kier alpha value is -0.990. The quantitative estimate of drug-likeness (QED) is 0.419. The second kappa shape index (κ2) is 3.93. The van der Waals surface area contributed by atoms with E-state index in [0.717, 1.165) is 0 Å². The van der Waals surface area contributed by atoms with E-state index in [1.54, 1.807) is 27.1 Å². The number of methoxy groups -OCH3 is 1. The van der Waals surface area contributed by atoms with Crippen LogP contribution in [0.3, 0.4) is 0 Å². The molecule has 0 aliphatic rings. The van der Waals surface area contributed by atoms with Crippen molar-refractivity contribution >= 4 is 5.91 Å². The van der Waals surface area contributed by atoms with Gasteiger partial charge in [0.05, 0.1) is 7.11 Å². The second-order valence-electron chi connectivity index (χ2n) is 2.06. The first-order chi connectivity index (χ1) is 4.63. The van der Waals surface area contributed by atoms with E-state index >= 15 is 0 Å². The zero-order chi connectivity index (χ0) is 8.15. The molecule has 0 aromatic rings. The summed E-state index contributed by atoms with van der Waals surface area (Å²) in [5, 5.41) is 0. The summed E-state index contributed by atoms with van der Waals surface area (Å²) in [5.41, 5.74) is 0. The molecule has 0 unspecified atom stereocenters. The summed E-state index contributed by atoms with van der Waals surface area (Å²) in [6.45, 7) is 1.76. The predicted molar refractivity (Wildman–Crippen MR) is 39.5 cm³/mol. The van der Waals surface area contributed by atoms with Crippen LogP contribution in [-0.2, 0) is 9.53 Å². The Morgan fingerprint density at radius 1 is 1.50 bits per heavy atom. The highest BCUT2D eigenvalue weighted by molar-refractivity contribution is 5.90. The fraction of sp³-hybridized carbons (Fsp3) is 0.571. The van der Waals surface area contributed by atoms with Gasteiger partial charge < -0.3 is 9.64 Å². The third kappa shape index (κ3) is 2.09. The normalized spacial score (nSPS) is 11.0. The lowest BCUT2D eigenvalue weighted by Gasteiger charge is -2.11. The van der Waals surface area contributed by atoms with E-state index in [1.807, 2.05) is 0 Å². The number of amides is 1. The van der Waals surface area contributed by atoms with Crippen molar-refractivity contribution in [3.8, 4) is 0 Å². The van der Waals surface area contributed by atoms with Gasteiger partial charge in [-0.3, -0.25) is 4.79 Å². The summed E-state index contributed by atoms with van der Waals surface area (Å²) in [6.07, 6.45) is 1.64. The molecule has 10 heavy (non-hydrogen) atoms. The molecule has 0 aromatic heterocycles. The zero-order valence-electron chi connectivity index (χ0n) is 6.84. The van der Waals surface area contributed by atoms with Crippen molar-refractivity contribution in [1.82, 2.24) is 4.90 Å². The predicted octanol–water partition coefficient (Wildman–Crippen LogP) is 0.625. The van der Waals surface area contributed by atoms with Crippen LogP contribution >= 0.6 is 0 Å². The average Bonchev–Trinajstić information content (AvgIpc) is 1.90. The Labute approximate surface area is 61.3 Å². The fourth-order valence-corrected chi connectivity index (χ4v) is 0.549. The molecule has 0 fully saturated rings. The van der Waals surface area contributed by atoms with Gasteiger partial charge in [-0.05, 0) is 13.0 Å². The number of carbonyl (C=O) groups excluding carboxylic acids is 1. The van der Waals surface area contributed by atoms with Crippen molar-refractivity contribution in [1.29, 1.82) is 0 Å². The van der Waals surface area contributed by atoms with Crippen molar-refractivity contribution in [2.75, 3.05) is 21.2 Å². The minimum atomic E-state index is -0.106. The van der Waals surface area contributed by atoms with E-state index in [-0.39, 0.29) is 5.91 Å². The molecule has 0 rings (SSSR count). The molecule has 0 saturated carbocycles. The molecule has 0 N–H and O–H groups in total. The van der Waals surface area contributed by atoms with Crippen LogP contribution in [0.5, 0.6) is 0 Å². The maximum atomic E-state index is 11.0. The number of hydrogen-bond donors (Lipinski definition) is 0. The maximum absolute atomic E-state index is 11.0. The van der Waals surface area contributed by atoms with Crippen LogP contribution in [-0.4, -0.2) is 32.0 Å². The third-order valence-electron chi connectivity index (χ3n) is 1.10. The SMILES string of the molecule is CC=C(OC)C(=O)N(C)C. The summed E-state index contributed by atoms with van der Waals surface area (Å²) < 4.78 is 4.79. The molecule has 0 saturated heterocycles. The van der Waals surface area contributed by atoms with Crippen molar-refractivity contribution in [2.45, 2.75) is 6.92 Å². The number of carbonyl (C=O) groups is 1. The van der Waals surface area contributed by atoms with Gasteiger partial charge in [0.15, 0.2) is 5.76 Å². The monoisotopic (exact) mass is 143 g/mol. The smallest absolute Gasteiger partial charge is 0.288 e. The number of nitrogens with zero attached hydrogens (tertiary/aromatic N) is 1. The summed E-state index contributed by atoms with van der Waals surface area (Å²) >= 11 is 0. The number of rotatable bonds is 2. The van der Waals surface area contributed by atoms with Crippen LogP contribution < -0.4 is 0 Å². The molecule has 0 aliphatic carbocycles. The van der Waals surface area contributed by atoms with Gasteiger partial charge in [0, 0.05) is 14.1 Å². The molecule has 3 heteroatoms. The van der Waals surface area contributed by atoms with Gasteiger partial charge in [0.2, 0.25) is 0 Å². The molecule has 58 valence electrons. The van der Waals surface area contributed by atoms with E-state index in [0.29, 0.717) is 5.76 Å². The van der Waals surface area contributed by atoms with Crippen molar-refractivity contribution in [2.24, 2.45) is 0 Å². The Morgan fingerprint density at radius 3 is 2.10 bits per heavy atom. The van der Waals surface area contributed by atoms with E-state index in [4.69, 9.17) is 4.74 Å². The molecule has 1 amide bonds. The lowest BCUT2D eigenvalue weighted by Crippen LogP contribution is -2.24. The molecule has 0 spiro atoms. The van der Waals surface area contributed by atoms with Crippen LogP contribution in [0.2, 0.25) is 0 Å². The highest BCUT2D eigenvalue weighted by Gasteiger charge is 2.09. The molecule has 0 atom stereocenters. The highest BCUT2D eigenvalue weighted by Crippen LogP contribution is 1.97. The molecule has 0 aliphatic heterocycles. The van der Waals surface area contributed by atoms with Crippen LogP contribution in [0.25, 0.3) is 0 Å². The van der Waals surface area contributed by atoms with Crippen molar-refractivity contribution in [3.05, 3.63) is 11.8 Å². The molecule has 0 heterocycles. The third-order valence-corrected chi connectivity index (χ3v) is 1.10. The molecule has 0 radical (unpaired) electrons. The van der Waals surface area contributed by atoms with E-state index in [1.165, 1.54) is 12.0 Å². The number of allylic oxidation sites excluding steroid dienone is 1. The lowest BCUT2D eigenvalue weighted by atomic mass is 10.4. The summed E-state index contributed by atoms with van der Waals surface area (Å²) in [5.74, 6) is 0.273.